The molecule has 3 heterocycles. The number of hydrogen-bond acceptors (Lipinski definition) is 4. The van der Waals surface area contributed by atoms with Gasteiger partial charge in [-0.2, -0.15) is 0 Å². The van der Waals surface area contributed by atoms with E-state index in [-0.39, 0.29) is 0 Å². The average Bonchev–Trinajstić information content (AvgIpc) is 3.13. The first kappa shape index (κ1) is 19.2. The predicted octanol–water partition coefficient (Wildman–Crippen LogP) is 4.49. The zero-order valence-electron chi connectivity index (χ0n) is 17.8. The Balaban J connectivity index is 1.42. The number of aromatic nitrogens is 3. The summed E-state index contributed by atoms with van der Waals surface area (Å²) in [5.41, 5.74) is 8.19. The van der Waals surface area contributed by atoms with Gasteiger partial charge >= 0.3 is 0 Å². The number of likely N-dealkylation sites (tertiary alicyclic amines) is 1. The maximum absolute atomic E-state index is 4.47. The molecule has 1 fully saturated rings. The Morgan fingerprint density at radius 3 is 2.63 bits per heavy atom. The van der Waals surface area contributed by atoms with Crippen LogP contribution in [0.2, 0.25) is 0 Å². The van der Waals surface area contributed by atoms with Crippen LogP contribution in [-0.2, 0) is 0 Å². The van der Waals surface area contributed by atoms with Gasteiger partial charge in [-0.1, -0.05) is 12.1 Å². The molecule has 0 radical (unpaired) electrons. The Morgan fingerprint density at radius 1 is 1.03 bits per heavy atom. The molecule has 0 spiro atoms. The van der Waals surface area contributed by atoms with Crippen molar-refractivity contribution in [2.75, 3.05) is 33.2 Å². The molecule has 0 saturated carbocycles. The first-order valence-corrected chi connectivity index (χ1v) is 10.9. The van der Waals surface area contributed by atoms with Crippen LogP contribution in [0.25, 0.3) is 33.2 Å². The standard InChI is InChI=1S/C25H29N5/c1-17-21-15-19(18-7-12-30(13-8-18)14-11-26-2)3-5-22(21)29-25(17)20-4-6-23-24(16-20)28-10-9-27-23/h3-6,9-10,15-16,18,26,29H,7-8,11-14H2,1-2H3. The van der Waals surface area contributed by atoms with Gasteiger partial charge in [0.2, 0.25) is 0 Å². The summed E-state index contributed by atoms with van der Waals surface area (Å²) in [7, 11) is 2.03. The number of benzene rings is 2. The van der Waals surface area contributed by atoms with E-state index < -0.39 is 0 Å². The van der Waals surface area contributed by atoms with E-state index in [0.717, 1.165) is 29.7 Å². The molecule has 1 aliphatic rings. The second-order valence-corrected chi connectivity index (χ2v) is 8.41. The van der Waals surface area contributed by atoms with E-state index >= 15 is 0 Å². The van der Waals surface area contributed by atoms with Crippen molar-refractivity contribution in [3.8, 4) is 11.3 Å². The highest BCUT2D eigenvalue weighted by Crippen LogP contribution is 2.35. The summed E-state index contributed by atoms with van der Waals surface area (Å²) in [4.78, 5) is 15.1. The molecule has 4 aromatic rings. The van der Waals surface area contributed by atoms with Crippen LogP contribution in [0.1, 0.15) is 29.9 Å². The van der Waals surface area contributed by atoms with Crippen LogP contribution in [0.4, 0.5) is 0 Å². The Kier molecular flexibility index (Phi) is 5.23. The van der Waals surface area contributed by atoms with Gasteiger partial charge in [0.25, 0.3) is 0 Å². The lowest BCUT2D eigenvalue weighted by Gasteiger charge is -2.32. The van der Waals surface area contributed by atoms with Gasteiger partial charge in [-0.25, -0.2) is 0 Å². The van der Waals surface area contributed by atoms with E-state index in [1.807, 2.05) is 7.05 Å². The van der Waals surface area contributed by atoms with Gasteiger partial charge in [-0.3, -0.25) is 9.97 Å². The zero-order valence-corrected chi connectivity index (χ0v) is 17.8. The Hall–Kier alpha value is -2.76. The number of H-pyrrole nitrogens is 1. The van der Waals surface area contributed by atoms with E-state index in [1.165, 1.54) is 53.7 Å². The van der Waals surface area contributed by atoms with E-state index in [4.69, 9.17) is 0 Å². The molecule has 1 aliphatic heterocycles. The Labute approximate surface area is 177 Å². The number of nitrogens with zero attached hydrogens (tertiary/aromatic N) is 3. The summed E-state index contributed by atoms with van der Waals surface area (Å²) in [5, 5.41) is 4.59. The number of rotatable bonds is 5. The molecule has 1 saturated heterocycles. The zero-order chi connectivity index (χ0) is 20.5. The highest BCUT2D eigenvalue weighted by atomic mass is 15.1. The van der Waals surface area contributed by atoms with E-state index in [1.54, 1.807) is 12.4 Å². The fourth-order valence-corrected chi connectivity index (χ4v) is 4.77. The van der Waals surface area contributed by atoms with Crippen LogP contribution < -0.4 is 5.32 Å². The lowest BCUT2D eigenvalue weighted by molar-refractivity contribution is 0.214. The number of aryl methyl sites for hydroxylation is 1. The highest BCUT2D eigenvalue weighted by molar-refractivity contribution is 5.92. The molecule has 5 rings (SSSR count). The highest BCUT2D eigenvalue weighted by Gasteiger charge is 2.21. The first-order valence-electron chi connectivity index (χ1n) is 10.9. The van der Waals surface area contributed by atoms with Gasteiger partial charge in [-0.05, 0) is 81.2 Å². The number of aromatic amines is 1. The lowest BCUT2D eigenvalue weighted by atomic mass is 9.88. The molecule has 30 heavy (non-hydrogen) atoms. The first-order chi connectivity index (χ1) is 14.7. The molecular weight excluding hydrogens is 370 g/mol. The lowest BCUT2D eigenvalue weighted by Crippen LogP contribution is -2.37. The molecule has 2 N–H and O–H groups in total. The van der Waals surface area contributed by atoms with Gasteiger partial charge < -0.3 is 15.2 Å². The van der Waals surface area contributed by atoms with Crippen molar-refractivity contribution in [1.29, 1.82) is 0 Å². The molecule has 5 nitrogen and oxygen atoms in total. The van der Waals surface area contributed by atoms with Crippen molar-refractivity contribution in [2.24, 2.45) is 0 Å². The summed E-state index contributed by atoms with van der Waals surface area (Å²) >= 11 is 0. The van der Waals surface area contributed by atoms with Gasteiger partial charge in [0.1, 0.15) is 0 Å². The van der Waals surface area contributed by atoms with E-state index in [0.29, 0.717) is 5.92 Å². The molecule has 2 aromatic heterocycles. The summed E-state index contributed by atoms with van der Waals surface area (Å²) in [6.07, 6.45) is 5.98. The number of nitrogens with one attached hydrogen (secondary N) is 2. The average molecular weight is 400 g/mol. The largest absolute Gasteiger partial charge is 0.354 e. The maximum Gasteiger partial charge on any atom is 0.0893 e. The van der Waals surface area contributed by atoms with Crippen LogP contribution >= 0.6 is 0 Å². The number of fused-ring (bicyclic) bond motifs is 2. The fraction of sp³-hybridized carbons (Fsp3) is 0.360. The molecule has 0 bridgehead atoms. The topological polar surface area (TPSA) is 56.8 Å². The van der Waals surface area contributed by atoms with Crippen LogP contribution in [0.15, 0.2) is 48.8 Å². The second kappa shape index (κ2) is 8.17. The van der Waals surface area contributed by atoms with Crippen LogP contribution in [0, 0.1) is 6.92 Å². The molecule has 2 aromatic carbocycles. The third-order valence-electron chi connectivity index (χ3n) is 6.58. The normalized spacial score (nSPS) is 15.9. The van der Waals surface area contributed by atoms with Gasteiger partial charge in [-0.15, -0.1) is 0 Å². The third-order valence-corrected chi connectivity index (χ3v) is 6.58. The van der Waals surface area contributed by atoms with Crippen molar-refractivity contribution in [2.45, 2.75) is 25.7 Å². The van der Waals surface area contributed by atoms with Crippen molar-refractivity contribution in [1.82, 2.24) is 25.2 Å². The van der Waals surface area contributed by atoms with E-state index in [9.17, 15) is 0 Å². The smallest absolute Gasteiger partial charge is 0.0893 e. The Morgan fingerprint density at radius 2 is 1.83 bits per heavy atom. The minimum absolute atomic E-state index is 0.661. The molecular formula is C25H29N5. The summed E-state index contributed by atoms with van der Waals surface area (Å²) in [6.45, 7) is 6.83. The molecule has 0 unspecified atom stereocenters. The number of likely N-dealkylation sites (N-methyl/N-ethyl adjacent to an activating group) is 1. The predicted molar refractivity (Wildman–Crippen MR) is 124 cm³/mol. The summed E-state index contributed by atoms with van der Waals surface area (Å²) in [5.74, 6) is 0.661. The summed E-state index contributed by atoms with van der Waals surface area (Å²) in [6, 6.07) is 13.3. The van der Waals surface area contributed by atoms with Crippen molar-refractivity contribution >= 4 is 21.9 Å². The van der Waals surface area contributed by atoms with Crippen molar-refractivity contribution in [3.05, 3.63) is 59.9 Å². The Bertz CT molecular complexity index is 1170. The quantitative estimate of drug-likeness (QED) is 0.519. The van der Waals surface area contributed by atoms with Crippen LogP contribution in [0.5, 0.6) is 0 Å². The van der Waals surface area contributed by atoms with Gasteiger partial charge in [0.05, 0.1) is 11.0 Å². The van der Waals surface area contributed by atoms with Gasteiger partial charge in [0.15, 0.2) is 0 Å². The molecule has 0 atom stereocenters. The van der Waals surface area contributed by atoms with Gasteiger partial charge in [0, 0.05) is 47.6 Å². The van der Waals surface area contributed by atoms with Crippen molar-refractivity contribution in [3.63, 3.8) is 0 Å². The molecule has 0 aliphatic carbocycles. The van der Waals surface area contributed by atoms with Crippen LogP contribution in [0.3, 0.4) is 0 Å². The van der Waals surface area contributed by atoms with E-state index in [2.05, 4.69) is 68.5 Å². The monoisotopic (exact) mass is 399 g/mol. The summed E-state index contributed by atoms with van der Waals surface area (Å²) < 4.78 is 0. The third kappa shape index (κ3) is 3.59. The minimum Gasteiger partial charge on any atom is -0.354 e. The molecule has 5 heteroatoms. The minimum atomic E-state index is 0.661. The molecule has 0 amide bonds. The van der Waals surface area contributed by atoms with Crippen molar-refractivity contribution < 1.29 is 0 Å². The number of hydrogen-bond donors (Lipinski definition) is 2. The molecule has 154 valence electrons. The fourth-order valence-electron chi connectivity index (χ4n) is 4.77. The maximum atomic E-state index is 4.47. The second-order valence-electron chi connectivity index (χ2n) is 8.41. The van der Waals surface area contributed by atoms with Crippen LogP contribution in [-0.4, -0.2) is 53.1 Å². The number of piperidine rings is 1. The SMILES string of the molecule is CNCCN1CCC(c2ccc3[nH]c(-c4ccc5nccnc5c4)c(C)c3c2)CC1.